The zero-order valence-electron chi connectivity index (χ0n) is 11.5. The smallest absolute Gasteiger partial charge is 0.683 e. The van der Waals surface area contributed by atoms with Gasteiger partial charge in [-0.1, -0.05) is 33.0 Å². The zero-order valence-corrected chi connectivity index (χ0v) is 22.2. The van der Waals surface area contributed by atoms with Crippen molar-refractivity contribution < 1.29 is 73.1 Å². The third-order valence-electron chi connectivity index (χ3n) is 1.76. The predicted molar refractivity (Wildman–Crippen MR) is 82.1 cm³/mol. The lowest BCUT2D eigenvalue weighted by Crippen LogP contribution is -3.61. The monoisotopic (exact) mass is 672 g/mol. The third kappa shape index (κ3) is 22.1. The van der Waals surface area contributed by atoms with Crippen LogP contribution in [-0.4, -0.2) is 52.2 Å². The summed E-state index contributed by atoms with van der Waals surface area (Å²) in [7, 11) is 0. The van der Waals surface area contributed by atoms with Crippen LogP contribution < -0.4 is 56.7 Å². The van der Waals surface area contributed by atoms with Crippen molar-refractivity contribution >= 4 is 35.8 Å². The number of allylic oxidation sites excluding steroid dienone is 6. The van der Waals surface area contributed by atoms with Crippen LogP contribution in [0.5, 0.6) is 0 Å². The molecule has 0 unspecified atom stereocenters. The third-order valence-corrected chi connectivity index (χ3v) is 19.2. The minimum absolute atomic E-state index is 0. The molecule has 0 spiro atoms. The summed E-state index contributed by atoms with van der Waals surface area (Å²) in [5.74, 6) is 0. The fourth-order valence-electron chi connectivity index (χ4n) is 0.979. The molecule has 0 bridgehead atoms. The van der Waals surface area contributed by atoms with Gasteiger partial charge in [-0.2, -0.15) is 0 Å². The molecule has 3 aliphatic rings. The highest BCUT2D eigenvalue weighted by atomic mass is 127. The second-order valence-electron chi connectivity index (χ2n) is 3.17. The Balaban J connectivity index is -0.000000216. The normalized spacial score (nSPS) is 14.9. The molecule has 0 amide bonds. The van der Waals surface area contributed by atoms with Crippen LogP contribution in [0.3, 0.4) is 0 Å². The number of hydrogen-bond donors (Lipinski definition) is 0. The van der Waals surface area contributed by atoms with Crippen molar-refractivity contribution in [3.63, 3.8) is 0 Å². The van der Waals surface area contributed by atoms with E-state index in [1.807, 2.05) is 0 Å². The van der Waals surface area contributed by atoms with Crippen molar-refractivity contribution in [3.05, 3.63) is 63.5 Å². The van der Waals surface area contributed by atoms with E-state index < -0.39 is 0 Å². The molecule has 3 aliphatic heterocycles. The van der Waals surface area contributed by atoms with E-state index in [4.69, 9.17) is 0 Å². The van der Waals surface area contributed by atoms with E-state index in [9.17, 15) is 0 Å². The molecular formula is C12H18Al3I3O3. The van der Waals surface area contributed by atoms with Crippen molar-refractivity contribution in [2.75, 3.05) is 0 Å². The Labute approximate surface area is 169 Å². The minimum Gasteiger partial charge on any atom is -0.870 e. The summed E-state index contributed by atoms with van der Waals surface area (Å²) < 4.78 is 7.06. The topological polar surface area (TPSA) is 90.0 Å². The van der Waals surface area contributed by atoms with Crippen LogP contribution in [0.2, 0.25) is 0 Å². The van der Waals surface area contributed by atoms with E-state index in [1.54, 1.807) is 0 Å². The van der Waals surface area contributed by atoms with Gasteiger partial charge in [-0.05, 0) is 18.2 Å². The van der Waals surface area contributed by atoms with Crippen molar-refractivity contribution in [1.29, 1.82) is 0 Å². The molecule has 9 heteroatoms. The first-order valence-corrected chi connectivity index (χ1v) is 27.2. The largest absolute Gasteiger partial charge is 0.870 e. The molecule has 0 aromatic carbocycles. The highest BCUT2D eigenvalue weighted by molar-refractivity contribution is 6.32. The Morgan fingerprint density at radius 2 is 0.714 bits per heavy atom. The summed E-state index contributed by atoms with van der Waals surface area (Å²) in [4.78, 5) is 7.10. The van der Waals surface area contributed by atoms with Crippen molar-refractivity contribution in [1.82, 2.24) is 0 Å². The molecule has 0 atom stereocenters. The van der Waals surface area contributed by atoms with Gasteiger partial charge in [0.05, 0.1) is 0 Å². The molecule has 0 fully saturated rings. The maximum Gasteiger partial charge on any atom is 0.683 e. The van der Waals surface area contributed by atoms with E-state index in [0.717, 1.165) is 0 Å². The lowest BCUT2D eigenvalue weighted by Gasteiger charge is -1.70. The number of rotatable bonds is 0. The van der Waals surface area contributed by atoms with Crippen LogP contribution in [0.15, 0.2) is 63.5 Å². The molecule has 3 heterocycles. The molecule has 0 aliphatic carbocycles. The van der Waals surface area contributed by atoms with E-state index >= 15 is 0 Å². The average Bonchev–Trinajstić information content (AvgIpc) is 2.54. The molecule has 0 aromatic heterocycles. The van der Waals surface area contributed by atoms with Gasteiger partial charge in [0, 0.05) is 0 Å². The minimum atomic E-state index is 0. The lowest BCUT2D eigenvalue weighted by atomic mass is 10.6. The Morgan fingerprint density at radius 1 is 0.429 bits per heavy atom. The number of hydrogen-bond acceptors (Lipinski definition) is 3. The fraction of sp³-hybridized carbons (Fsp3) is 0. The Morgan fingerprint density at radius 3 is 0.762 bits per heavy atom. The summed E-state index contributed by atoms with van der Waals surface area (Å²) in [6, 6.07) is 0. The molecule has 114 valence electrons. The Kier molecular flexibility index (Phi) is 32.4. The van der Waals surface area contributed by atoms with E-state index in [1.165, 1.54) is 0 Å². The second-order valence-corrected chi connectivity index (χ2v) is 24.4. The van der Waals surface area contributed by atoms with Crippen molar-refractivity contribution in [3.8, 4) is 0 Å². The van der Waals surface area contributed by atoms with Gasteiger partial charge in [-0.15, -0.1) is 0 Å². The highest BCUT2D eigenvalue weighted by Gasteiger charge is 2.07. The van der Waals surface area contributed by atoms with Crippen molar-refractivity contribution in [2.24, 2.45) is 0 Å². The molecular weight excluding hydrogens is 654 g/mol. The molecule has 0 aromatic rings. The summed E-state index contributed by atoms with van der Waals surface area (Å²) in [6.07, 6.45) is 13.0. The summed E-state index contributed by atoms with van der Waals surface area (Å²) in [5, 5.41) is 0. The Bertz CT molecular complexity index is 290. The molecule has 0 saturated heterocycles. The van der Waals surface area contributed by atoms with Crippen LogP contribution in [0, 0.1) is 0 Å². The summed E-state index contributed by atoms with van der Waals surface area (Å²) >= 11 is 2.81. The first-order chi connectivity index (χ1) is 9.00. The molecule has 21 heavy (non-hydrogen) atoms. The van der Waals surface area contributed by atoms with Crippen molar-refractivity contribution in [2.45, 2.75) is 0 Å². The molecule has 3 rings (SSSR count). The molecule has 0 radical (unpaired) electrons. The van der Waals surface area contributed by atoms with Crippen LogP contribution >= 0.6 is 0 Å². The lowest BCUT2D eigenvalue weighted by molar-refractivity contribution is -0.432. The van der Waals surface area contributed by atoms with E-state index in [-0.39, 0.29) is 16.4 Å². The van der Waals surface area contributed by atoms with Gasteiger partial charge in [-0.25, -0.2) is 0 Å². The van der Waals surface area contributed by atoms with Gasteiger partial charge < -0.3 is 16.4 Å². The first kappa shape index (κ1) is 27.9. The van der Waals surface area contributed by atoms with Gasteiger partial charge in [-0.3, -0.25) is 0 Å². The summed E-state index contributed by atoms with van der Waals surface area (Å²) in [5.41, 5.74) is 0. The first-order valence-electron chi connectivity index (χ1n) is 5.68. The molecule has 3 N–H and O–H groups in total. The van der Waals surface area contributed by atoms with Gasteiger partial charge in [0.25, 0.3) is 0 Å². The van der Waals surface area contributed by atoms with Crippen LogP contribution in [0.1, 0.15) is 0 Å². The SMILES string of the molecule is C1=[CH][AlH][I+]C=C1.C1=[CH][AlH][I+]C=C1.C1=[CH][AlH][I+]C=C1.[OH-].[OH-].[OH-]. The van der Waals surface area contributed by atoms with Gasteiger partial charge in [0.2, 0.25) is 0 Å². The maximum absolute atomic E-state index is 2.37. The molecule has 0 saturated carbocycles. The standard InChI is InChI=1S/3C4H4I.3Al.3H2O.3H/c3*1-2-3-4-5;;;;;;;;;/h3*1-4H;;;;3*1H2;;;/q;;;3*+1;;;;;;/p-3. The fourth-order valence-corrected chi connectivity index (χ4v) is 14.0. The quantitative estimate of drug-likeness (QED) is 0.190. The van der Waals surface area contributed by atoms with Crippen LogP contribution in [0.4, 0.5) is 0 Å². The average molecular weight is 672 g/mol. The summed E-state index contributed by atoms with van der Waals surface area (Å²) in [6.45, 7) is 0. The van der Waals surface area contributed by atoms with Gasteiger partial charge in [0.15, 0.2) is 0 Å². The van der Waals surface area contributed by atoms with E-state index in [0.29, 0.717) is 92.5 Å². The Hall–Kier alpha value is 2.11. The van der Waals surface area contributed by atoms with Gasteiger partial charge >= 0.3 is 35.8 Å². The van der Waals surface area contributed by atoms with Crippen LogP contribution in [0.25, 0.3) is 0 Å². The second kappa shape index (κ2) is 24.4. The maximum atomic E-state index is 2.37. The number of halogens is 3. The predicted octanol–water partition coefficient (Wildman–Crippen LogP) is -8.13. The molecule has 3 nitrogen and oxygen atoms in total. The zero-order chi connectivity index (χ0) is 12.7. The highest BCUT2D eigenvalue weighted by Crippen LogP contribution is 1.68. The van der Waals surface area contributed by atoms with Crippen LogP contribution in [-0.2, 0) is 0 Å². The van der Waals surface area contributed by atoms with Gasteiger partial charge in [0.1, 0.15) is 68.9 Å². The van der Waals surface area contributed by atoms with E-state index in [2.05, 4.69) is 63.5 Å².